The van der Waals surface area contributed by atoms with Gasteiger partial charge in [-0.05, 0) is 48.2 Å². The van der Waals surface area contributed by atoms with Gasteiger partial charge in [-0.1, -0.05) is 30.3 Å². The molecule has 9 heteroatoms. The van der Waals surface area contributed by atoms with Gasteiger partial charge in [-0.3, -0.25) is 4.99 Å². The zero-order valence-corrected chi connectivity index (χ0v) is 21.9. The summed E-state index contributed by atoms with van der Waals surface area (Å²) in [5.41, 5.74) is 3.32. The van der Waals surface area contributed by atoms with E-state index < -0.39 is 0 Å². The van der Waals surface area contributed by atoms with E-state index >= 15 is 0 Å². The third kappa shape index (κ3) is 7.62. The molecule has 0 fully saturated rings. The fraction of sp³-hybridized carbons (Fsp3) is 0.375. The van der Waals surface area contributed by atoms with Crippen molar-refractivity contribution in [2.24, 2.45) is 4.99 Å². The molecule has 1 aromatic heterocycles. The largest absolute Gasteiger partial charge is 0.493 e. The van der Waals surface area contributed by atoms with Crippen molar-refractivity contribution >= 4 is 29.9 Å². The van der Waals surface area contributed by atoms with Gasteiger partial charge in [0, 0.05) is 32.1 Å². The van der Waals surface area contributed by atoms with E-state index in [-0.39, 0.29) is 24.0 Å². The Morgan fingerprint density at radius 2 is 1.58 bits per heavy atom. The standard InChI is InChI=1S/C24H31N5O3.HI/c1-5-22-28-23(32-29-22)19-9-6-17(7-10-19)12-14-26-24(25-2)27-15-13-18-8-11-20(30-3)21(16-18)31-4;/h6-11,16H,5,12-15H2,1-4H3,(H2,25,26,27);1H. The monoisotopic (exact) mass is 565 g/mol. The molecule has 33 heavy (non-hydrogen) atoms. The van der Waals surface area contributed by atoms with E-state index in [4.69, 9.17) is 14.0 Å². The highest BCUT2D eigenvalue weighted by atomic mass is 127. The minimum absolute atomic E-state index is 0. The summed E-state index contributed by atoms with van der Waals surface area (Å²) in [5.74, 6) is 3.53. The van der Waals surface area contributed by atoms with Crippen LogP contribution in [0.4, 0.5) is 0 Å². The molecule has 8 nitrogen and oxygen atoms in total. The number of halogens is 1. The second-order valence-electron chi connectivity index (χ2n) is 7.18. The van der Waals surface area contributed by atoms with Crippen LogP contribution in [0.5, 0.6) is 11.5 Å². The molecule has 0 unspecified atom stereocenters. The number of rotatable bonds is 10. The highest BCUT2D eigenvalue weighted by molar-refractivity contribution is 14.0. The summed E-state index contributed by atoms with van der Waals surface area (Å²) in [6.07, 6.45) is 2.48. The smallest absolute Gasteiger partial charge is 0.257 e. The molecule has 3 rings (SSSR count). The highest BCUT2D eigenvalue weighted by Gasteiger charge is 2.08. The van der Waals surface area contributed by atoms with Crippen molar-refractivity contribution in [1.29, 1.82) is 0 Å². The molecule has 2 N–H and O–H groups in total. The van der Waals surface area contributed by atoms with Gasteiger partial charge in [-0.15, -0.1) is 24.0 Å². The van der Waals surface area contributed by atoms with Gasteiger partial charge in [0.1, 0.15) is 0 Å². The molecule has 0 aliphatic heterocycles. The van der Waals surface area contributed by atoms with Crippen LogP contribution in [0.25, 0.3) is 11.5 Å². The average molecular weight is 565 g/mol. The van der Waals surface area contributed by atoms with Gasteiger partial charge in [0.05, 0.1) is 14.2 Å². The first-order valence-corrected chi connectivity index (χ1v) is 10.7. The van der Waals surface area contributed by atoms with E-state index in [1.165, 1.54) is 5.56 Å². The van der Waals surface area contributed by atoms with Gasteiger partial charge >= 0.3 is 0 Å². The van der Waals surface area contributed by atoms with Gasteiger partial charge in [0.25, 0.3) is 5.89 Å². The van der Waals surface area contributed by atoms with Crippen LogP contribution < -0.4 is 20.1 Å². The van der Waals surface area contributed by atoms with Crippen LogP contribution in [-0.2, 0) is 19.3 Å². The van der Waals surface area contributed by atoms with Crippen molar-refractivity contribution < 1.29 is 14.0 Å². The summed E-state index contributed by atoms with van der Waals surface area (Å²) >= 11 is 0. The number of hydrogen-bond donors (Lipinski definition) is 2. The van der Waals surface area contributed by atoms with Gasteiger partial charge in [0.2, 0.25) is 0 Å². The van der Waals surface area contributed by atoms with Crippen LogP contribution >= 0.6 is 24.0 Å². The number of aliphatic imine (C=N–C) groups is 1. The molecule has 0 aliphatic carbocycles. The Kier molecular flexibility index (Phi) is 10.9. The van der Waals surface area contributed by atoms with Crippen molar-refractivity contribution in [3.8, 4) is 23.0 Å². The van der Waals surface area contributed by atoms with Crippen LogP contribution in [0.3, 0.4) is 0 Å². The molecule has 0 atom stereocenters. The molecular formula is C24H32IN5O3. The zero-order valence-electron chi connectivity index (χ0n) is 19.6. The van der Waals surface area contributed by atoms with Crippen LogP contribution in [0.15, 0.2) is 52.0 Å². The molecule has 0 aliphatic rings. The molecule has 3 aromatic rings. The topological polar surface area (TPSA) is 93.8 Å². The fourth-order valence-corrected chi connectivity index (χ4v) is 3.24. The number of nitrogens with zero attached hydrogens (tertiary/aromatic N) is 3. The van der Waals surface area contributed by atoms with E-state index in [0.29, 0.717) is 5.89 Å². The fourth-order valence-electron chi connectivity index (χ4n) is 3.24. The van der Waals surface area contributed by atoms with Crippen molar-refractivity contribution in [3.63, 3.8) is 0 Å². The number of guanidine groups is 1. The molecule has 0 saturated heterocycles. The average Bonchev–Trinajstić information content (AvgIpc) is 3.32. The number of methoxy groups -OCH3 is 2. The molecule has 1 heterocycles. The first-order valence-electron chi connectivity index (χ1n) is 10.7. The van der Waals surface area contributed by atoms with Crippen LogP contribution in [-0.4, -0.2) is 50.5 Å². The normalized spacial score (nSPS) is 11.0. The summed E-state index contributed by atoms with van der Waals surface area (Å²) in [7, 11) is 5.06. The lowest BCUT2D eigenvalue weighted by atomic mass is 10.1. The van der Waals surface area contributed by atoms with Crippen molar-refractivity contribution in [2.75, 3.05) is 34.4 Å². The maximum atomic E-state index is 5.37. The van der Waals surface area contributed by atoms with Crippen molar-refractivity contribution in [1.82, 2.24) is 20.8 Å². The van der Waals surface area contributed by atoms with E-state index in [1.54, 1.807) is 21.3 Å². The first kappa shape index (κ1) is 26.4. The lowest BCUT2D eigenvalue weighted by Crippen LogP contribution is -2.39. The second-order valence-corrected chi connectivity index (χ2v) is 7.18. The lowest BCUT2D eigenvalue weighted by molar-refractivity contribution is 0.354. The lowest BCUT2D eigenvalue weighted by Gasteiger charge is -2.13. The molecule has 0 spiro atoms. The maximum Gasteiger partial charge on any atom is 0.257 e. The summed E-state index contributed by atoms with van der Waals surface area (Å²) in [4.78, 5) is 8.66. The second kappa shape index (κ2) is 13.7. The van der Waals surface area contributed by atoms with Gasteiger partial charge in [-0.2, -0.15) is 4.98 Å². The predicted molar refractivity (Wildman–Crippen MR) is 141 cm³/mol. The summed E-state index contributed by atoms with van der Waals surface area (Å²) in [5, 5.41) is 10.6. The number of benzene rings is 2. The van der Waals surface area contributed by atoms with E-state index in [1.807, 2.05) is 37.3 Å². The SMILES string of the molecule is CCc1noc(-c2ccc(CCNC(=NC)NCCc3ccc(OC)c(OC)c3)cc2)n1.I. The van der Waals surface area contributed by atoms with Crippen molar-refractivity contribution in [3.05, 3.63) is 59.4 Å². The maximum absolute atomic E-state index is 5.37. The Bertz CT molecular complexity index is 1020. The molecule has 0 amide bonds. The van der Waals surface area contributed by atoms with Crippen molar-refractivity contribution in [2.45, 2.75) is 26.2 Å². The molecule has 0 saturated carbocycles. The number of hydrogen-bond acceptors (Lipinski definition) is 6. The number of aromatic nitrogens is 2. The molecule has 2 aromatic carbocycles. The van der Waals surface area contributed by atoms with E-state index in [2.05, 4.69) is 37.9 Å². The Morgan fingerprint density at radius 3 is 2.15 bits per heavy atom. The third-order valence-electron chi connectivity index (χ3n) is 5.07. The van der Waals surface area contributed by atoms with Crippen LogP contribution in [0.2, 0.25) is 0 Å². The Hall–Kier alpha value is -2.82. The van der Waals surface area contributed by atoms with E-state index in [0.717, 1.165) is 66.8 Å². The van der Waals surface area contributed by atoms with Crippen LogP contribution in [0, 0.1) is 0 Å². The molecule has 0 radical (unpaired) electrons. The number of aryl methyl sites for hydroxylation is 1. The Morgan fingerprint density at radius 1 is 0.939 bits per heavy atom. The van der Waals surface area contributed by atoms with Gasteiger partial charge < -0.3 is 24.6 Å². The minimum Gasteiger partial charge on any atom is -0.493 e. The third-order valence-corrected chi connectivity index (χ3v) is 5.07. The first-order chi connectivity index (χ1) is 15.7. The van der Waals surface area contributed by atoms with Gasteiger partial charge in [-0.25, -0.2) is 0 Å². The Balaban J connectivity index is 0.00000385. The minimum atomic E-state index is 0. The zero-order chi connectivity index (χ0) is 22.8. The van der Waals surface area contributed by atoms with E-state index in [9.17, 15) is 0 Å². The predicted octanol–water partition coefficient (Wildman–Crippen LogP) is 3.88. The molecular weight excluding hydrogens is 533 g/mol. The summed E-state index contributed by atoms with van der Waals surface area (Å²) in [6, 6.07) is 14.2. The summed E-state index contributed by atoms with van der Waals surface area (Å²) in [6.45, 7) is 3.54. The van der Waals surface area contributed by atoms with Crippen LogP contribution in [0.1, 0.15) is 23.9 Å². The highest BCUT2D eigenvalue weighted by Crippen LogP contribution is 2.27. The molecule has 0 bridgehead atoms. The quantitative estimate of drug-likeness (QED) is 0.219. The van der Waals surface area contributed by atoms with Gasteiger partial charge in [0.15, 0.2) is 23.3 Å². The number of nitrogens with one attached hydrogen (secondary N) is 2. The molecule has 178 valence electrons. The summed E-state index contributed by atoms with van der Waals surface area (Å²) < 4.78 is 15.9. The Labute approximate surface area is 212 Å². The number of ether oxygens (including phenoxy) is 2.